The lowest BCUT2D eigenvalue weighted by atomic mass is 10.1. The minimum atomic E-state index is -0.342. The third-order valence-electron chi connectivity index (χ3n) is 3.12. The maximum absolute atomic E-state index is 12.0. The number of halogens is 1. The number of ether oxygens (including phenoxy) is 1. The van der Waals surface area contributed by atoms with Gasteiger partial charge in [0.2, 0.25) is 0 Å². The molecule has 2 rings (SSSR count). The largest absolute Gasteiger partial charge is 0.445 e. The lowest BCUT2D eigenvalue weighted by molar-refractivity contribution is 0.0731. The number of piperazine rings is 1. The summed E-state index contributed by atoms with van der Waals surface area (Å²) in [5.74, 6) is 0. The molecule has 0 aliphatic carbocycles. The monoisotopic (exact) mass is 295 g/mol. The summed E-state index contributed by atoms with van der Waals surface area (Å²) >= 11 is 0. The van der Waals surface area contributed by atoms with Crippen LogP contribution in [-0.2, 0) is 11.3 Å². The minimum Gasteiger partial charge on any atom is -0.445 e. The van der Waals surface area contributed by atoms with E-state index in [1.165, 1.54) is 0 Å². The van der Waals surface area contributed by atoms with E-state index in [2.05, 4.69) is 11.4 Å². The SMILES string of the molecule is Cl.N#CC[C@@H]1CNCCN1C(=O)OCc1ccccc1. The molecule has 6 heteroatoms. The topological polar surface area (TPSA) is 65.4 Å². The summed E-state index contributed by atoms with van der Waals surface area (Å²) in [6.07, 6.45) is -0.0152. The van der Waals surface area contributed by atoms with E-state index in [1.807, 2.05) is 30.3 Å². The number of benzene rings is 1. The van der Waals surface area contributed by atoms with Gasteiger partial charge in [-0.25, -0.2) is 4.79 Å². The van der Waals surface area contributed by atoms with Gasteiger partial charge in [-0.15, -0.1) is 12.4 Å². The Bertz CT molecular complexity index is 461. The molecule has 1 aromatic rings. The number of carbonyl (C=O) groups is 1. The Morgan fingerprint density at radius 1 is 1.45 bits per heavy atom. The molecular weight excluding hydrogens is 278 g/mol. The summed E-state index contributed by atoms with van der Waals surface area (Å²) in [4.78, 5) is 13.7. The molecule has 1 N–H and O–H groups in total. The van der Waals surface area contributed by atoms with Crippen LogP contribution in [0, 0.1) is 11.3 Å². The van der Waals surface area contributed by atoms with Gasteiger partial charge in [0.15, 0.2) is 0 Å². The van der Waals surface area contributed by atoms with Crippen LogP contribution in [0.5, 0.6) is 0 Å². The molecule has 1 atom stereocenters. The molecular formula is C14H18ClN3O2. The highest BCUT2D eigenvalue weighted by atomic mass is 35.5. The molecule has 1 fully saturated rings. The van der Waals surface area contributed by atoms with Crippen LogP contribution in [0.1, 0.15) is 12.0 Å². The Hall–Kier alpha value is -1.77. The molecule has 20 heavy (non-hydrogen) atoms. The summed E-state index contributed by atoms with van der Waals surface area (Å²) in [7, 11) is 0. The van der Waals surface area contributed by atoms with E-state index in [9.17, 15) is 4.79 Å². The fourth-order valence-electron chi connectivity index (χ4n) is 2.09. The van der Waals surface area contributed by atoms with Crippen LogP contribution in [0.3, 0.4) is 0 Å². The molecule has 0 saturated carbocycles. The van der Waals surface area contributed by atoms with E-state index in [0.29, 0.717) is 19.5 Å². The number of carbonyl (C=O) groups excluding carboxylic acids is 1. The van der Waals surface area contributed by atoms with E-state index < -0.39 is 0 Å². The predicted octanol–water partition coefficient (Wildman–Crippen LogP) is 1.93. The van der Waals surface area contributed by atoms with Gasteiger partial charge in [-0.2, -0.15) is 5.26 Å². The normalized spacial score (nSPS) is 17.8. The highest BCUT2D eigenvalue weighted by Crippen LogP contribution is 2.10. The Labute approximate surface area is 124 Å². The molecule has 1 amide bonds. The van der Waals surface area contributed by atoms with Crippen molar-refractivity contribution in [1.29, 1.82) is 5.26 Å². The molecule has 0 unspecified atom stereocenters. The molecule has 0 spiro atoms. The lowest BCUT2D eigenvalue weighted by Gasteiger charge is -2.34. The first-order valence-electron chi connectivity index (χ1n) is 6.36. The first kappa shape index (κ1) is 16.3. The van der Waals surface area contributed by atoms with Gasteiger partial charge in [-0.3, -0.25) is 0 Å². The van der Waals surface area contributed by atoms with Gasteiger partial charge in [-0.1, -0.05) is 30.3 Å². The van der Waals surface area contributed by atoms with Gasteiger partial charge in [0.25, 0.3) is 0 Å². The Morgan fingerprint density at radius 2 is 2.20 bits per heavy atom. The van der Waals surface area contributed by atoms with E-state index in [1.54, 1.807) is 4.90 Å². The first-order chi connectivity index (χ1) is 9.31. The number of nitriles is 1. The highest BCUT2D eigenvalue weighted by molar-refractivity contribution is 5.85. The third kappa shape index (κ3) is 4.41. The maximum atomic E-state index is 12.0. The fraction of sp³-hybridized carbons (Fsp3) is 0.429. The molecule has 1 aromatic carbocycles. The van der Waals surface area contributed by atoms with Crippen LogP contribution in [0.15, 0.2) is 30.3 Å². The number of hydrogen-bond donors (Lipinski definition) is 1. The lowest BCUT2D eigenvalue weighted by Crippen LogP contribution is -2.53. The molecule has 0 bridgehead atoms. The van der Waals surface area contributed by atoms with Crippen LogP contribution < -0.4 is 5.32 Å². The van der Waals surface area contributed by atoms with Gasteiger partial charge < -0.3 is 15.0 Å². The van der Waals surface area contributed by atoms with Crippen LogP contribution in [0.2, 0.25) is 0 Å². The van der Waals surface area contributed by atoms with Gasteiger partial charge in [0.1, 0.15) is 6.61 Å². The zero-order valence-corrected chi connectivity index (χ0v) is 11.9. The number of nitrogens with one attached hydrogen (secondary N) is 1. The number of nitrogens with zero attached hydrogens (tertiary/aromatic N) is 2. The fourth-order valence-corrected chi connectivity index (χ4v) is 2.09. The molecule has 108 valence electrons. The van der Waals surface area contributed by atoms with Crippen LogP contribution in [0.25, 0.3) is 0 Å². The molecule has 1 saturated heterocycles. The van der Waals surface area contributed by atoms with Gasteiger partial charge in [-0.05, 0) is 5.56 Å². The van der Waals surface area contributed by atoms with Crippen molar-refractivity contribution in [1.82, 2.24) is 10.2 Å². The smallest absolute Gasteiger partial charge is 0.410 e. The standard InChI is InChI=1S/C14H17N3O2.ClH/c15-7-6-13-10-16-8-9-17(13)14(18)19-11-12-4-2-1-3-5-12;/h1-5,13,16H,6,8-11H2;1H/t13-;/m1./s1. The number of amides is 1. The Balaban J connectivity index is 0.00000200. The first-order valence-corrected chi connectivity index (χ1v) is 6.36. The molecule has 0 aromatic heterocycles. The molecule has 0 radical (unpaired) electrons. The van der Waals surface area contributed by atoms with Crippen molar-refractivity contribution >= 4 is 18.5 Å². The average molecular weight is 296 g/mol. The van der Waals surface area contributed by atoms with E-state index in [0.717, 1.165) is 12.1 Å². The second-order valence-electron chi connectivity index (χ2n) is 4.45. The van der Waals surface area contributed by atoms with Gasteiger partial charge >= 0.3 is 6.09 Å². The molecule has 1 aliphatic rings. The second kappa shape index (κ2) is 8.41. The summed E-state index contributed by atoms with van der Waals surface area (Å²) in [5.41, 5.74) is 0.961. The minimum absolute atomic E-state index is 0. The van der Waals surface area contributed by atoms with Crippen LogP contribution >= 0.6 is 12.4 Å². The maximum Gasteiger partial charge on any atom is 0.410 e. The quantitative estimate of drug-likeness (QED) is 0.925. The number of rotatable bonds is 3. The van der Waals surface area contributed by atoms with Crippen molar-refractivity contribution in [3.8, 4) is 6.07 Å². The average Bonchev–Trinajstić information content (AvgIpc) is 2.47. The van der Waals surface area contributed by atoms with Crippen molar-refractivity contribution in [2.24, 2.45) is 0 Å². The Kier molecular flexibility index (Phi) is 6.85. The molecule has 1 aliphatic heterocycles. The van der Waals surface area contributed by atoms with E-state index in [-0.39, 0.29) is 31.1 Å². The third-order valence-corrected chi connectivity index (χ3v) is 3.12. The Morgan fingerprint density at radius 3 is 2.90 bits per heavy atom. The van der Waals surface area contributed by atoms with Gasteiger partial charge in [0, 0.05) is 19.6 Å². The number of hydrogen-bond acceptors (Lipinski definition) is 4. The van der Waals surface area contributed by atoms with Crippen LogP contribution in [0.4, 0.5) is 4.79 Å². The van der Waals surface area contributed by atoms with Crippen molar-refractivity contribution in [3.05, 3.63) is 35.9 Å². The van der Waals surface area contributed by atoms with Crippen LogP contribution in [-0.4, -0.2) is 36.7 Å². The summed E-state index contributed by atoms with van der Waals surface area (Å²) < 4.78 is 5.29. The molecule has 5 nitrogen and oxygen atoms in total. The highest BCUT2D eigenvalue weighted by Gasteiger charge is 2.27. The predicted molar refractivity (Wildman–Crippen MR) is 77.5 cm³/mol. The van der Waals surface area contributed by atoms with Crippen molar-refractivity contribution in [2.75, 3.05) is 19.6 Å². The zero-order chi connectivity index (χ0) is 13.5. The van der Waals surface area contributed by atoms with Crippen molar-refractivity contribution < 1.29 is 9.53 Å². The van der Waals surface area contributed by atoms with E-state index >= 15 is 0 Å². The van der Waals surface area contributed by atoms with Gasteiger partial charge in [0.05, 0.1) is 18.5 Å². The summed E-state index contributed by atoms with van der Waals surface area (Å²) in [6, 6.07) is 11.6. The second-order valence-corrected chi connectivity index (χ2v) is 4.45. The molecule has 1 heterocycles. The van der Waals surface area contributed by atoms with E-state index in [4.69, 9.17) is 10.00 Å². The summed E-state index contributed by atoms with van der Waals surface area (Å²) in [5, 5.41) is 11.9. The van der Waals surface area contributed by atoms with Crippen molar-refractivity contribution in [2.45, 2.75) is 19.1 Å². The zero-order valence-electron chi connectivity index (χ0n) is 11.1. The summed E-state index contributed by atoms with van der Waals surface area (Å²) in [6.45, 7) is 2.24. The van der Waals surface area contributed by atoms with Crippen molar-refractivity contribution in [3.63, 3.8) is 0 Å².